The second kappa shape index (κ2) is 9.22. The summed E-state index contributed by atoms with van der Waals surface area (Å²) in [4.78, 5) is 27.0. The zero-order valence-electron chi connectivity index (χ0n) is 17.2. The summed E-state index contributed by atoms with van der Waals surface area (Å²) in [5.74, 6) is 0.531. The van der Waals surface area contributed by atoms with E-state index < -0.39 is 11.5 Å². The average molecular weight is 376 g/mol. The molecule has 1 aromatic rings. The Labute approximate surface area is 162 Å². The number of likely N-dealkylation sites (tertiary alicyclic amines) is 1. The molecule has 0 bridgehead atoms. The fourth-order valence-electron chi connectivity index (χ4n) is 3.17. The largest absolute Gasteiger partial charge is 0.497 e. The maximum atomic E-state index is 12.5. The van der Waals surface area contributed by atoms with Crippen molar-refractivity contribution in [3.63, 3.8) is 0 Å². The molecule has 0 aromatic heterocycles. The molecule has 6 heteroatoms. The molecule has 6 nitrogen and oxygen atoms in total. The number of ether oxygens (including phenoxy) is 1. The van der Waals surface area contributed by atoms with Gasteiger partial charge in [-0.2, -0.15) is 0 Å². The Bertz CT molecular complexity index is 631. The number of hydrogen-bond acceptors (Lipinski definition) is 4. The maximum Gasteiger partial charge on any atom is 0.242 e. The minimum absolute atomic E-state index is 0.118. The van der Waals surface area contributed by atoms with Crippen molar-refractivity contribution in [2.45, 2.75) is 52.6 Å². The van der Waals surface area contributed by atoms with Crippen LogP contribution in [0.2, 0.25) is 0 Å². The third kappa shape index (κ3) is 5.96. The molecule has 1 heterocycles. The molecule has 1 aliphatic heterocycles. The van der Waals surface area contributed by atoms with Crippen molar-refractivity contribution in [2.75, 3.05) is 26.7 Å². The van der Waals surface area contributed by atoms with E-state index in [-0.39, 0.29) is 17.9 Å². The highest BCUT2D eigenvalue weighted by atomic mass is 16.5. The van der Waals surface area contributed by atoms with E-state index in [1.807, 2.05) is 32.9 Å². The standard InChI is InChI=1S/C21H33N3O3/c1-15(23-20(26)21(2,3)4)19(25)22-14-18(24-12-6-7-13-24)16-8-10-17(27-5)11-9-16/h8-11,15,18H,6-7,12-14H2,1-5H3,(H,22,25)(H,23,26). The van der Waals surface area contributed by atoms with Crippen LogP contribution in [0.25, 0.3) is 0 Å². The Hall–Kier alpha value is -2.08. The predicted molar refractivity (Wildman–Crippen MR) is 107 cm³/mol. The van der Waals surface area contributed by atoms with Crippen molar-refractivity contribution in [3.8, 4) is 5.75 Å². The van der Waals surface area contributed by atoms with Gasteiger partial charge < -0.3 is 15.4 Å². The number of rotatable bonds is 7. The molecule has 1 aliphatic rings. The number of benzene rings is 1. The van der Waals surface area contributed by atoms with Gasteiger partial charge in [-0.25, -0.2) is 0 Å². The topological polar surface area (TPSA) is 70.7 Å². The first-order chi connectivity index (χ1) is 12.7. The zero-order valence-corrected chi connectivity index (χ0v) is 17.2. The van der Waals surface area contributed by atoms with Crippen LogP contribution < -0.4 is 15.4 Å². The monoisotopic (exact) mass is 375 g/mol. The van der Waals surface area contributed by atoms with Crippen molar-refractivity contribution in [2.24, 2.45) is 5.41 Å². The summed E-state index contributed by atoms with van der Waals surface area (Å²) in [6, 6.07) is 7.57. The van der Waals surface area contributed by atoms with E-state index in [9.17, 15) is 9.59 Å². The molecule has 2 atom stereocenters. The van der Waals surface area contributed by atoms with Gasteiger partial charge in [0.15, 0.2) is 0 Å². The van der Waals surface area contributed by atoms with Gasteiger partial charge in [-0.05, 0) is 50.6 Å². The van der Waals surface area contributed by atoms with Crippen LogP contribution in [0, 0.1) is 5.41 Å². The summed E-state index contributed by atoms with van der Waals surface area (Å²) in [5, 5.41) is 5.80. The van der Waals surface area contributed by atoms with Gasteiger partial charge >= 0.3 is 0 Å². The summed E-state index contributed by atoms with van der Waals surface area (Å²) < 4.78 is 5.24. The summed E-state index contributed by atoms with van der Waals surface area (Å²) in [5.41, 5.74) is 0.639. The van der Waals surface area contributed by atoms with E-state index in [0.29, 0.717) is 6.54 Å². The molecule has 1 fully saturated rings. The van der Waals surface area contributed by atoms with Crippen LogP contribution in [0.3, 0.4) is 0 Å². The highest BCUT2D eigenvalue weighted by Gasteiger charge is 2.27. The van der Waals surface area contributed by atoms with Crippen molar-refractivity contribution in [1.29, 1.82) is 0 Å². The molecule has 27 heavy (non-hydrogen) atoms. The van der Waals surface area contributed by atoms with E-state index in [2.05, 4.69) is 27.7 Å². The van der Waals surface area contributed by atoms with Crippen LogP contribution in [0.4, 0.5) is 0 Å². The van der Waals surface area contributed by atoms with Crippen molar-refractivity contribution in [3.05, 3.63) is 29.8 Å². The second-order valence-electron chi connectivity index (χ2n) is 8.22. The van der Waals surface area contributed by atoms with Gasteiger partial charge in [-0.15, -0.1) is 0 Å². The zero-order chi connectivity index (χ0) is 20.0. The molecule has 1 saturated heterocycles. The summed E-state index contributed by atoms with van der Waals surface area (Å²) in [7, 11) is 1.65. The number of nitrogens with zero attached hydrogens (tertiary/aromatic N) is 1. The van der Waals surface area contributed by atoms with E-state index in [1.165, 1.54) is 12.8 Å². The fourth-order valence-corrected chi connectivity index (χ4v) is 3.17. The van der Waals surface area contributed by atoms with Crippen molar-refractivity contribution in [1.82, 2.24) is 15.5 Å². The van der Waals surface area contributed by atoms with E-state index in [4.69, 9.17) is 4.74 Å². The van der Waals surface area contributed by atoms with Crippen LogP contribution in [0.15, 0.2) is 24.3 Å². The Morgan fingerprint density at radius 3 is 2.26 bits per heavy atom. The first-order valence-corrected chi connectivity index (χ1v) is 9.69. The molecule has 150 valence electrons. The summed E-state index contributed by atoms with van der Waals surface area (Å²) >= 11 is 0. The summed E-state index contributed by atoms with van der Waals surface area (Å²) in [6.07, 6.45) is 2.36. The van der Waals surface area contributed by atoms with Gasteiger partial charge in [-0.3, -0.25) is 14.5 Å². The highest BCUT2D eigenvalue weighted by molar-refractivity contribution is 5.89. The molecular formula is C21H33N3O3. The number of carbonyl (C=O) groups is 2. The second-order valence-corrected chi connectivity index (χ2v) is 8.22. The van der Waals surface area contributed by atoms with Crippen LogP contribution >= 0.6 is 0 Å². The highest BCUT2D eigenvalue weighted by Crippen LogP contribution is 2.26. The lowest BCUT2D eigenvalue weighted by atomic mass is 9.95. The number of nitrogens with one attached hydrogen (secondary N) is 2. The quantitative estimate of drug-likeness (QED) is 0.768. The van der Waals surface area contributed by atoms with Gasteiger partial charge in [0, 0.05) is 12.0 Å². The minimum atomic E-state index is -0.563. The molecule has 1 aromatic carbocycles. The molecule has 0 radical (unpaired) electrons. The molecule has 2 rings (SSSR count). The van der Waals surface area contributed by atoms with Crippen LogP contribution in [0.1, 0.15) is 52.1 Å². The van der Waals surface area contributed by atoms with E-state index >= 15 is 0 Å². The van der Waals surface area contributed by atoms with Crippen LogP contribution in [0.5, 0.6) is 5.75 Å². The Morgan fingerprint density at radius 1 is 1.15 bits per heavy atom. The number of carbonyl (C=O) groups excluding carboxylic acids is 2. The maximum absolute atomic E-state index is 12.5. The lowest BCUT2D eigenvalue weighted by Crippen LogP contribution is -2.49. The number of amides is 2. The number of methoxy groups -OCH3 is 1. The van der Waals surface area contributed by atoms with Crippen molar-refractivity contribution >= 4 is 11.8 Å². The molecule has 2 unspecified atom stereocenters. The lowest BCUT2D eigenvalue weighted by molar-refractivity contribution is -0.133. The summed E-state index contributed by atoms with van der Waals surface area (Å²) in [6.45, 7) is 9.80. The Kier molecular flexibility index (Phi) is 7.25. The van der Waals surface area contributed by atoms with Crippen LogP contribution in [-0.4, -0.2) is 49.5 Å². The molecule has 0 saturated carbocycles. The van der Waals surface area contributed by atoms with E-state index in [0.717, 1.165) is 24.4 Å². The first kappa shape index (κ1) is 21.2. The minimum Gasteiger partial charge on any atom is -0.497 e. The lowest BCUT2D eigenvalue weighted by Gasteiger charge is -2.29. The smallest absolute Gasteiger partial charge is 0.242 e. The average Bonchev–Trinajstić information content (AvgIpc) is 3.15. The predicted octanol–water partition coefficient (Wildman–Crippen LogP) is 2.50. The van der Waals surface area contributed by atoms with E-state index in [1.54, 1.807) is 14.0 Å². The fraction of sp³-hybridized carbons (Fsp3) is 0.619. The first-order valence-electron chi connectivity index (χ1n) is 9.69. The van der Waals surface area contributed by atoms with Gasteiger partial charge in [0.05, 0.1) is 13.2 Å². The van der Waals surface area contributed by atoms with Gasteiger partial charge in [-0.1, -0.05) is 32.9 Å². The molecule has 2 N–H and O–H groups in total. The Morgan fingerprint density at radius 2 is 1.74 bits per heavy atom. The normalized spacial score (nSPS) is 17.2. The van der Waals surface area contributed by atoms with Gasteiger partial charge in [0.1, 0.15) is 11.8 Å². The number of hydrogen-bond donors (Lipinski definition) is 2. The molecule has 2 amide bonds. The third-order valence-electron chi connectivity index (χ3n) is 4.97. The molecule has 0 aliphatic carbocycles. The van der Waals surface area contributed by atoms with Crippen molar-refractivity contribution < 1.29 is 14.3 Å². The van der Waals surface area contributed by atoms with Gasteiger partial charge in [0.2, 0.25) is 11.8 Å². The van der Waals surface area contributed by atoms with Crippen LogP contribution in [-0.2, 0) is 9.59 Å². The van der Waals surface area contributed by atoms with Gasteiger partial charge in [0.25, 0.3) is 0 Å². The molecule has 0 spiro atoms. The SMILES string of the molecule is COc1ccc(C(CNC(=O)C(C)NC(=O)C(C)(C)C)N2CCCC2)cc1. The Balaban J connectivity index is 2.00. The molecular weight excluding hydrogens is 342 g/mol. The third-order valence-corrected chi connectivity index (χ3v) is 4.97.